The molecule has 1 aliphatic carbocycles. The number of rotatable bonds is 10. The van der Waals surface area contributed by atoms with E-state index in [4.69, 9.17) is 17.0 Å². The molecule has 0 bridgehead atoms. The van der Waals surface area contributed by atoms with Crippen LogP contribution in [-0.2, 0) is 32.3 Å². The summed E-state index contributed by atoms with van der Waals surface area (Å²) in [4.78, 5) is 80.4. The number of thiocarbonyl (C=S) groups is 1. The fourth-order valence-electron chi connectivity index (χ4n) is 5.95. The number of benzene rings is 1. The number of aromatic nitrogens is 2. The molecular weight excluding hydrogens is 673 g/mol. The van der Waals surface area contributed by atoms with Gasteiger partial charge in [-0.1, -0.05) is 48.6 Å². The van der Waals surface area contributed by atoms with Crippen LogP contribution >= 0.6 is 35.7 Å². The zero-order valence-electron chi connectivity index (χ0n) is 25.3. The number of methoxy groups -OCH3 is 1. The molecule has 248 valence electrons. The number of ether oxygens (including phenoxy) is 1. The maximum Gasteiger partial charge on any atom is 0.323 e. The molecule has 17 heteroatoms. The van der Waals surface area contributed by atoms with Gasteiger partial charge in [-0.3, -0.25) is 42.8 Å². The number of allylic oxidation sites excluding steroid dienone is 1. The van der Waals surface area contributed by atoms with Gasteiger partial charge >= 0.3 is 17.9 Å². The molecule has 0 radical (unpaired) electrons. The summed E-state index contributed by atoms with van der Waals surface area (Å²) in [7, 11) is 1.51. The minimum absolute atomic E-state index is 0.0657. The Morgan fingerprint density at radius 2 is 1.55 bits per heavy atom. The van der Waals surface area contributed by atoms with Gasteiger partial charge in [-0.15, -0.1) is 0 Å². The van der Waals surface area contributed by atoms with Crippen molar-refractivity contribution in [1.29, 1.82) is 0 Å². The Bertz CT molecular complexity index is 1990. The minimum atomic E-state index is -1.41. The zero-order chi connectivity index (χ0) is 34.2. The number of carboxylic acids is 3. The zero-order valence-corrected chi connectivity index (χ0v) is 27.7. The third-order valence-electron chi connectivity index (χ3n) is 7.98. The van der Waals surface area contributed by atoms with Crippen LogP contribution in [0.15, 0.2) is 43.8 Å². The Labute approximate surface area is 280 Å². The first-order valence-electron chi connectivity index (χ1n) is 14.5. The van der Waals surface area contributed by atoms with Gasteiger partial charge in [-0.25, -0.2) is 0 Å². The lowest BCUT2D eigenvalue weighted by atomic mass is 9.95. The van der Waals surface area contributed by atoms with Gasteiger partial charge in [-0.2, -0.15) is 0 Å². The number of carboxylic acid groups (broad SMARTS) is 3. The molecule has 1 saturated heterocycles. The first-order valence-corrected chi connectivity index (χ1v) is 16.6. The largest absolute Gasteiger partial charge is 0.497 e. The first-order chi connectivity index (χ1) is 22.4. The van der Waals surface area contributed by atoms with Crippen LogP contribution in [0.2, 0.25) is 0 Å². The predicted molar refractivity (Wildman–Crippen MR) is 178 cm³/mol. The summed E-state index contributed by atoms with van der Waals surface area (Å²) in [5.74, 6) is -4.42. The highest BCUT2D eigenvalue weighted by Gasteiger charge is 2.37. The predicted octanol–water partition coefficient (Wildman–Crippen LogP) is 1.06. The quantitative estimate of drug-likeness (QED) is 0.298. The fourth-order valence-corrected chi connectivity index (χ4v) is 8.43. The molecule has 3 heterocycles. The fraction of sp³-hybridized carbons (Fsp3) is 0.367. The van der Waals surface area contributed by atoms with Crippen LogP contribution in [0.5, 0.6) is 5.75 Å². The molecule has 47 heavy (non-hydrogen) atoms. The third-order valence-corrected chi connectivity index (χ3v) is 10.5. The number of anilines is 1. The van der Waals surface area contributed by atoms with Crippen molar-refractivity contribution in [2.24, 2.45) is 5.92 Å². The molecule has 0 atom stereocenters. The number of carbonyl (C=O) groups is 4. The summed E-state index contributed by atoms with van der Waals surface area (Å²) in [6, 6.07) is 5.19. The van der Waals surface area contributed by atoms with Crippen LogP contribution in [0.25, 0.3) is 10.5 Å². The van der Waals surface area contributed by atoms with E-state index in [2.05, 4.69) is 0 Å². The summed E-state index contributed by atoms with van der Waals surface area (Å²) >= 11 is 7.16. The van der Waals surface area contributed by atoms with E-state index in [1.54, 1.807) is 36.1 Å². The molecule has 2 fully saturated rings. The third kappa shape index (κ3) is 6.59. The molecule has 1 aromatic heterocycles. The smallest absolute Gasteiger partial charge is 0.323 e. The molecule has 2 aliphatic heterocycles. The molecule has 0 unspecified atom stereocenters. The van der Waals surface area contributed by atoms with Crippen molar-refractivity contribution in [2.45, 2.75) is 50.6 Å². The highest BCUT2D eigenvalue weighted by molar-refractivity contribution is 8.30. The molecule has 3 aliphatic rings. The highest BCUT2D eigenvalue weighted by atomic mass is 32.2. The van der Waals surface area contributed by atoms with Gasteiger partial charge in [0.25, 0.3) is 17.0 Å². The van der Waals surface area contributed by atoms with E-state index in [-0.39, 0.29) is 32.4 Å². The molecule has 1 aromatic carbocycles. The molecular formula is C30H30N4O10S3. The number of hydrogen-bond acceptors (Lipinski definition) is 11. The van der Waals surface area contributed by atoms with E-state index in [9.17, 15) is 44.1 Å². The van der Waals surface area contributed by atoms with E-state index >= 15 is 0 Å². The van der Waals surface area contributed by atoms with Crippen molar-refractivity contribution in [3.05, 3.63) is 60.7 Å². The van der Waals surface area contributed by atoms with Gasteiger partial charge in [0.15, 0.2) is 0 Å². The number of fused-ring (bicyclic) bond motifs is 1. The van der Waals surface area contributed by atoms with Crippen molar-refractivity contribution in [3.63, 3.8) is 0 Å². The van der Waals surface area contributed by atoms with Crippen molar-refractivity contribution in [2.75, 3.05) is 25.1 Å². The van der Waals surface area contributed by atoms with Gasteiger partial charge in [-0.05, 0) is 55.5 Å². The average molecular weight is 703 g/mol. The van der Waals surface area contributed by atoms with Gasteiger partial charge in [0.2, 0.25) is 0 Å². The molecule has 5 rings (SSSR count). The number of amides is 1. The van der Waals surface area contributed by atoms with Crippen LogP contribution in [0, 0.1) is 5.92 Å². The Morgan fingerprint density at radius 3 is 2.15 bits per heavy atom. The van der Waals surface area contributed by atoms with E-state index in [0.717, 1.165) is 26.9 Å². The number of carbonyl (C=O) groups excluding carboxylic acids is 1. The van der Waals surface area contributed by atoms with Crippen molar-refractivity contribution >= 4 is 80.0 Å². The Hall–Kier alpha value is -4.35. The van der Waals surface area contributed by atoms with Gasteiger partial charge < -0.3 is 25.0 Å². The van der Waals surface area contributed by atoms with E-state index < -0.39 is 54.6 Å². The first kappa shape index (κ1) is 34.0. The highest BCUT2D eigenvalue weighted by Crippen LogP contribution is 2.48. The second-order valence-corrected chi connectivity index (χ2v) is 13.6. The lowest BCUT2D eigenvalue weighted by Crippen LogP contribution is -2.60. The maximum atomic E-state index is 14.4. The summed E-state index contributed by atoms with van der Waals surface area (Å²) in [6.45, 7) is -0.519. The van der Waals surface area contributed by atoms with Crippen LogP contribution in [0.1, 0.15) is 32.6 Å². The summed E-state index contributed by atoms with van der Waals surface area (Å²) in [5.41, 5.74) is -1.02. The minimum Gasteiger partial charge on any atom is -0.497 e. The molecule has 3 N–H and O–H groups in total. The Morgan fingerprint density at radius 1 is 0.936 bits per heavy atom. The number of thioether (sulfide) groups is 2. The van der Waals surface area contributed by atoms with Crippen LogP contribution < -0.4 is 31.5 Å². The van der Waals surface area contributed by atoms with E-state index in [1.807, 2.05) is 0 Å². The number of nitrogens with zero attached hydrogens (tertiary/aromatic N) is 4. The SMILES string of the molecule is CCn1c(=O)/c(=C(/C=C2\Sc3cc(OC)ccc3N2CC(=O)O)C2CCCC2)c(=O)n(CC(=O)O)/c1=C1/SC(=S)N(CC(=O)O)C1=O. The van der Waals surface area contributed by atoms with E-state index in [1.165, 1.54) is 18.9 Å². The molecule has 2 aromatic rings. The van der Waals surface area contributed by atoms with Crippen LogP contribution in [0.4, 0.5) is 5.69 Å². The van der Waals surface area contributed by atoms with Gasteiger partial charge in [0, 0.05) is 11.4 Å². The number of hydrogen-bond donors (Lipinski definition) is 3. The van der Waals surface area contributed by atoms with Crippen LogP contribution in [-0.4, -0.2) is 77.7 Å². The summed E-state index contributed by atoms with van der Waals surface area (Å²) in [5, 5.41) is 29.1. The van der Waals surface area contributed by atoms with Crippen molar-refractivity contribution in [1.82, 2.24) is 14.0 Å². The Balaban J connectivity index is 1.86. The lowest BCUT2D eigenvalue weighted by molar-refractivity contribution is -0.140. The topological polar surface area (TPSA) is 189 Å². The van der Waals surface area contributed by atoms with Crippen molar-refractivity contribution < 1.29 is 39.2 Å². The standard InChI is InChI=1S/C30H30N4O10S3/c1-3-31-26(25-29(43)34(14-23(39)40)30(45)47-25)33(13-22(37)38)28(42)24(27(31)41)17(15-6-4-5-7-15)11-20-32(12-21(35)36)18-9-8-16(44-2)10-19(18)46-20/h8-11,15H,3-7,12-14H2,1-2H3,(H,35,36)(H,37,38)(H,39,40)/b20-11-,24-17+,26-25+. The Kier molecular flexibility index (Phi) is 9.97. The van der Waals surface area contributed by atoms with Gasteiger partial charge in [0.1, 0.15) is 45.3 Å². The normalized spacial score (nSPS) is 19.1. The molecule has 1 saturated carbocycles. The second-order valence-electron chi connectivity index (χ2n) is 10.9. The second kappa shape index (κ2) is 13.8. The molecule has 14 nitrogen and oxygen atoms in total. The maximum absolute atomic E-state index is 14.4. The number of aliphatic carboxylic acids is 3. The van der Waals surface area contributed by atoms with Crippen LogP contribution in [0.3, 0.4) is 0 Å². The van der Waals surface area contributed by atoms with E-state index in [0.29, 0.717) is 51.5 Å². The average Bonchev–Trinajstić information content (AvgIpc) is 3.72. The van der Waals surface area contributed by atoms with Crippen molar-refractivity contribution in [3.8, 4) is 5.75 Å². The monoisotopic (exact) mass is 702 g/mol. The molecule has 1 amide bonds. The summed E-state index contributed by atoms with van der Waals surface area (Å²) in [6.07, 6.45) is 4.57. The summed E-state index contributed by atoms with van der Waals surface area (Å²) < 4.78 is 7.21. The van der Waals surface area contributed by atoms with Gasteiger partial charge in [0.05, 0.1) is 17.8 Å². The molecule has 0 spiro atoms. The lowest BCUT2D eigenvalue weighted by Gasteiger charge is -2.20.